The fourth-order valence-electron chi connectivity index (χ4n) is 1.07. The van der Waals surface area contributed by atoms with Crippen molar-refractivity contribution in [3.63, 3.8) is 0 Å². The Morgan fingerprint density at radius 3 is 3.07 bits per heavy atom. The predicted molar refractivity (Wildman–Crippen MR) is 57.2 cm³/mol. The van der Waals surface area contributed by atoms with Crippen LogP contribution in [0.25, 0.3) is 0 Å². The van der Waals surface area contributed by atoms with E-state index in [-0.39, 0.29) is 10.3 Å². The van der Waals surface area contributed by atoms with Crippen LogP contribution >= 0.6 is 23.6 Å². The molecule has 0 saturated carbocycles. The number of aromatic amines is 2. The molecule has 0 radical (unpaired) electrons. The van der Waals surface area contributed by atoms with Crippen LogP contribution in [0.4, 0.5) is 0 Å². The minimum atomic E-state index is -0.220. The maximum atomic E-state index is 11.4. The van der Waals surface area contributed by atoms with Crippen molar-refractivity contribution in [3.05, 3.63) is 43.2 Å². The summed E-state index contributed by atoms with van der Waals surface area (Å²) in [5.74, 6) is 0. The molecule has 0 unspecified atom stereocenters. The molecular weight excluding hydrogens is 218 g/mol. The van der Waals surface area contributed by atoms with Crippen LogP contribution in [0.5, 0.6) is 0 Å². The lowest BCUT2D eigenvalue weighted by atomic mass is 10.3. The molecule has 0 atom stereocenters. The van der Waals surface area contributed by atoms with Gasteiger partial charge in [0.1, 0.15) is 5.69 Å². The summed E-state index contributed by atoms with van der Waals surface area (Å²) in [4.78, 5) is 15.0. The van der Waals surface area contributed by atoms with Gasteiger partial charge in [0, 0.05) is 11.3 Å². The highest BCUT2D eigenvalue weighted by molar-refractivity contribution is 7.71. The van der Waals surface area contributed by atoms with Crippen molar-refractivity contribution in [2.24, 2.45) is 0 Å². The Morgan fingerprint density at radius 2 is 2.43 bits per heavy atom. The smallest absolute Gasteiger partial charge is 0.274 e. The van der Waals surface area contributed by atoms with E-state index >= 15 is 0 Å². The highest BCUT2D eigenvalue weighted by atomic mass is 32.1. The van der Waals surface area contributed by atoms with Gasteiger partial charge in [-0.3, -0.25) is 14.9 Å². The highest BCUT2D eigenvalue weighted by Gasteiger charge is 2.03. The Morgan fingerprint density at radius 1 is 1.57 bits per heavy atom. The molecule has 14 heavy (non-hydrogen) atoms. The summed E-state index contributed by atoms with van der Waals surface area (Å²) in [6.07, 6.45) is 0.541. The Bertz CT molecular complexity index is 526. The zero-order valence-electron chi connectivity index (χ0n) is 7.11. The van der Waals surface area contributed by atoms with E-state index in [4.69, 9.17) is 12.2 Å². The molecule has 0 aromatic carbocycles. The van der Waals surface area contributed by atoms with Crippen molar-refractivity contribution < 1.29 is 0 Å². The molecule has 2 aromatic heterocycles. The van der Waals surface area contributed by atoms with E-state index < -0.39 is 0 Å². The van der Waals surface area contributed by atoms with E-state index in [0.717, 1.165) is 4.88 Å². The van der Waals surface area contributed by atoms with Crippen LogP contribution in [-0.2, 0) is 6.42 Å². The molecule has 0 aliphatic heterocycles. The van der Waals surface area contributed by atoms with Crippen LogP contribution in [0.3, 0.4) is 0 Å². The first-order chi connectivity index (χ1) is 6.75. The molecular formula is C8H7N3OS2. The molecule has 0 fully saturated rings. The number of aromatic nitrogens is 3. The quantitative estimate of drug-likeness (QED) is 0.761. The van der Waals surface area contributed by atoms with Gasteiger partial charge in [-0.1, -0.05) is 6.07 Å². The van der Waals surface area contributed by atoms with Gasteiger partial charge in [-0.25, -0.2) is 0 Å². The first-order valence-corrected chi connectivity index (χ1v) is 5.25. The summed E-state index contributed by atoms with van der Waals surface area (Å²) in [5, 5.41) is 8.42. The second kappa shape index (κ2) is 3.85. The van der Waals surface area contributed by atoms with Crippen LogP contribution in [0.15, 0.2) is 22.3 Å². The third kappa shape index (κ3) is 1.97. The molecule has 2 rings (SSSR count). The molecule has 4 nitrogen and oxygen atoms in total. The average molecular weight is 225 g/mol. The number of rotatable bonds is 2. The second-order valence-corrected chi connectivity index (χ2v) is 4.15. The standard InChI is InChI=1S/C8H7N3OS2/c12-7-6(10-11-8(13)9-7)4-5-2-1-3-14-5/h1-3H,4H2,(H2,9,11,12,13). The van der Waals surface area contributed by atoms with E-state index in [1.165, 1.54) is 0 Å². The Hall–Kier alpha value is -1.27. The maximum absolute atomic E-state index is 11.4. The minimum Gasteiger partial charge on any atom is -0.296 e. The Kier molecular flexibility index (Phi) is 2.55. The summed E-state index contributed by atoms with van der Waals surface area (Å²) in [5.41, 5.74) is 0.239. The van der Waals surface area contributed by atoms with E-state index in [1.54, 1.807) is 11.3 Å². The van der Waals surface area contributed by atoms with Crippen molar-refractivity contribution >= 4 is 23.6 Å². The van der Waals surface area contributed by atoms with Gasteiger partial charge in [0.2, 0.25) is 0 Å². The average Bonchev–Trinajstić information content (AvgIpc) is 2.62. The van der Waals surface area contributed by atoms with E-state index in [0.29, 0.717) is 12.1 Å². The lowest BCUT2D eigenvalue weighted by Gasteiger charge is -1.94. The van der Waals surface area contributed by atoms with E-state index in [2.05, 4.69) is 15.2 Å². The molecule has 0 spiro atoms. The van der Waals surface area contributed by atoms with Gasteiger partial charge in [-0.2, -0.15) is 5.10 Å². The highest BCUT2D eigenvalue weighted by Crippen LogP contribution is 2.10. The first kappa shape index (κ1) is 9.29. The number of H-pyrrole nitrogens is 2. The Balaban J connectivity index is 2.35. The molecule has 0 aliphatic carbocycles. The number of thiophene rings is 1. The molecule has 0 bridgehead atoms. The van der Waals surface area contributed by atoms with Gasteiger partial charge in [-0.15, -0.1) is 11.3 Å². The number of hydrogen-bond donors (Lipinski definition) is 2. The number of nitrogens with one attached hydrogen (secondary N) is 2. The molecule has 0 amide bonds. The second-order valence-electron chi connectivity index (χ2n) is 2.71. The largest absolute Gasteiger partial charge is 0.296 e. The van der Waals surface area contributed by atoms with Gasteiger partial charge >= 0.3 is 0 Å². The van der Waals surface area contributed by atoms with Crippen molar-refractivity contribution in [1.29, 1.82) is 0 Å². The summed E-state index contributed by atoms with van der Waals surface area (Å²) in [6.45, 7) is 0. The molecule has 0 aliphatic rings. The fraction of sp³-hybridized carbons (Fsp3) is 0.125. The van der Waals surface area contributed by atoms with Crippen LogP contribution in [-0.4, -0.2) is 15.2 Å². The van der Waals surface area contributed by atoms with Gasteiger partial charge < -0.3 is 0 Å². The summed E-state index contributed by atoms with van der Waals surface area (Å²) < 4.78 is 0.255. The summed E-state index contributed by atoms with van der Waals surface area (Å²) in [6, 6.07) is 3.91. The lowest BCUT2D eigenvalue weighted by molar-refractivity contribution is 0.855. The summed E-state index contributed by atoms with van der Waals surface area (Å²) >= 11 is 6.33. The normalized spacial score (nSPS) is 10.3. The third-order valence-corrected chi connectivity index (χ3v) is 2.77. The minimum absolute atomic E-state index is 0.220. The first-order valence-electron chi connectivity index (χ1n) is 3.96. The van der Waals surface area contributed by atoms with Gasteiger partial charge in [0.05, 0.1) is 0 Å². The summed E-state index contributed by atoms with van der Waals surface area (Å²) in [7, 11) is 0. The van der Waals surface area contributed by atoms with Gasteiger partial charge in [0.15, 0.2) is 4.77 Å². The van der Waals surface area contributed by atoms with Crippen LogP contribution < -0.4 is 5.56 Å². The number of nitrogens with zero attached hydrogens (tertiary/aromatic N) is 1. The topological polar surface area (TPSA) is 61.5 Å². The van der Waals surface area contributed by atoms with Crippen molar-refractivity contribution in [2.45, 2.75) is 6.42 Å². The van der Waals surface area contributed by atoms with Gasteiger partial charge in [0.25, 0.3) is 5.56 Å². The van der Waals surface area contributed by atoms with Crippen molar-refractivity contribution in [1.82, 2.24) is 15.2 Å². The number of hydrogen-bond acceptors (Lipinski definition) is 4. The fourth-order valence-corrected chi connectivity index (χ4v) is 1.92. The van der Waals surface area contributed by atoms with Crippen molar-refractivity contribution in [3.8, 4) is 0 Å². The zero-order valence-corrected chi connectivity index (χ0v) is 8.74. The lowest BCUT2D eigenvalue weighted by Crippen LogP contribution is -2.16. The third-order valence-electron chi connectivity index (χ3n) is 1.70. The van der Waals surface area contributed by atoms with Crippen molar-refractivity contribution in [2.75, 3.05) is 0 Å². The SMILES string of the molecule is O=c1[nH]c(=S)[nH]nc1Cc1cccs1. The molecule has 2 heterocycles. The molecule has 6 heteroatoms. The van der Waals surface area contributed by atoms with Gasteiger partial charge in [-0.05, 0) is 23.7 Å². The maximum Gasteiger partial charge on any atom is 0.274 e. The van der Waals surface area contributed by atoms with Crippen LogP contribution in [0.2, 0.25) is 0 Å². The predicted octanol–water partition coefficient (Wildman–Crippen LogP) is 1.48. The Labute approximate surface area is 88.6 Å². The van der Waals surface area contributed by atoms with E-state index in [9.17, 15) is 4.79 Å². The monoisotopic (exact) mass is 225 g/mol. The molecule has 2 aromatic rings. The van der Waals surface area contributed by atoms with Crippen LogP contribution in [0, 0.1) is 4.77 Å². The van der Waals surface area contributed by atoms with E-state index in [1.807, 2.05) is 17.5 Å². The molecule has 2 N–H and O–H groups in total. The molecule has 0 saturated heterocycles. The molecule has 72 valence electrons. The van der Waals surface area contributed by atoms with Crippen LogP contribution in [0.1, 0.15) is 10.6 Å². The zero-order chi connectivity index (χ0) is 9.97.